The zero-order valence-corrected chi connectivity index (χ0v) is 11.3. The lowest BCUT2D eigenvalue weighted by atomic mass is 9.94. The van der Waals surface area contributed by atoms with Crippen LogP contribution in [0.5, 0.6) is 0 Å². The van der Waals surface area contributed by atoms with Gasteiger partial charge >= 0.3 is 5.97 Å². The van der Waals surface area contributed by atoms with Crippen molar-refractivity contribution in [3.63, 3.8) is 0 Å². The number of carboxylic acids is 1. The van der Waals surface area contributed by atoms with Crippen LogP contribution < -0.4 is 0 Å². The van der Waals surface area contributed by atoms with Crippen molar-refractivity contribution in [1.82, 2.24) is 0 Å². The Morgan fingerprint density at radius 1 is 1.44 bits per heavy atom. The molecule has 0 spiro atoms. The quantitative estimate of drug-likeness (QED) is 0.840. The van der Waals surface area contributed by atoms with Gasteiger partial charge in [0.25, 0.3) is 0 Å². The van der Waals surface area contributed by atoms with Crippen molar-refractivity contribution in [2.75, 3.05) is 0 Å². The monoisotopic (exact) mass is 322 g/mol. The number of hydrogen-bond acceptors (Lipinski definition) is 1. The van der Waals surface area contributed by atoms with Gasteiger partial charge in [-0.1, -0.05) is 23.2 Å². The van der Waals surface area contributed by atoms with Crippen molar-refractivity contribution in [1.29, 1.82) is 0 Å². The van der Waals surface area contributed by atoms with E-state index in [9.17, 15) is 9.90 Å². The number of benzene rings is 1. The van der Waals surface area contributed by atoms with Gasteiger partial charge in [-0.05, 0) is 52.4 Å². The normalized spacial score (nSPS) is 17.2. The summed E-state index contributed by atoms with van der Waals surface area (Å²) in [5.41, 5.74) is 0.607. The summed E-state index contributed by atoms with van der Waals surface area (Å²) in [4.78, 5) is 11.2. The van der Waals surface area contributed by atoms with Crippen LogP contribution >= 0.6 is 39.1 Å². The van der Waals surface area contributed by atoms with Crippen molar-refractivity contribution in [2.24, 2.45) is 5.92 Å². The van der Waals surface area contributed by atoms with E-state index in [0.717, 1.165) is 12.8 Å². The molecule has 1 aliphatic carbocycles. The van der Waals surface area contributed by atoms with E-state index >= 15 is 0 Å². The van der Waals surface area contributed by atoms with Crippen LogP contribution in [-0.4, -0.2) is 11.1 Å². The molecule has 2 rings (SSSR count). The van der Waals surface area contributed by atoms with Crippen molar-refractivity contribution >= 4 is 45.1 Å². The molecule has 0 heterocycles. The molecular weight excluding hydrogens is 315 g/mol. The van der Waals surface area contributed by atoms with Crippen molar-refractivity contribution in [3.8, 4) is 0 Å². The topological polar surface area (TPSA) is 37.3 Å². The fourth-order valence-corrected chi connectivity index (χ4v) is 2.88. The Morgan fingerprint density at radius 2 is 2.06 bits per heavy atom. The number of hydrogen-bond donors (Lipinski definition) is 1. The summed E-state index contributed by atoms with van der Waals surface area (Å²) in [6.45, 7) is 0. The molecule has 2 nitrogen and oxygen atoms in total. The van der Waals surface area contributed by atoms with E-state index in [1.165, 1.54) is 0 Å². The van der Waals surface area contributed by atoms with Crippen LogP contribution in [0, 0.1) is 5.92 Å². The van der Waals surface area contributed by atoms with E-state index < -0.39 is 11.9 Å². The van der Waals surface area contributed by atoms with E-state index in [2.05, 4.69) is 15.9 Å². The minimum Gasteiger partial charge on any atom is -0.481 e. The lowest BCUT2D eigenvalue weighted by molar-refractivity contribution is -0.139. The summed E-state index contributed by atoms with van der Waals surface area (Å²) >= 11 is 15.3. The Labute approximate surface area is 112 Å². The lowest BCUT2D eigenvalue weighted by Crippen LogP contribution is -2.14. The van der Waals surface area contributed by atoms with Gasteiger partial charge < -0.3 is 5.11 Å². The SMILES string of the molecule is O=C(O)C(c1cc(Cl)cc(Br)c1Cl)C1CC1. The number of rotatable bonds is 3. The first-order chi connectivity index (χ1) is 7.50. The molecule has 1 unspecified atom stereocenters. The van der Waals surface area contributed by atoms with Crippen LogP contribution in [0.25, 0.3) is 0 Å². The molecule has 0 aliphatic heterocycles. The van der Waals surface area contributed by atoms with Crippen molar-refractivity contribution < 1.29 is 9.90 Å². The molecule has 1 aliphatic rings. The largest absolute Gasteiger partial charge is 0.481 e. The van der Waals surface area contributed by atoms with Gasteiger partial charge in [-0.2, -0.15) is 0 Å². The summed E-state index contributed by atoms with van der Waals surface area (Å²) in [6.07, 6.45) is 1.88. The molecule has 1 atom stereocenters. The zero-order chi connectivity index (χ0) is 11.9. The van der Waals surface area contributed by atoms with Crippen LogP contribution in [0.15, 0.2) is 16.6 Å². The van der Waals surface area contributed by atoms with E-state index in [-0.39, 0.29) is 5.92 Å². The number of carbonyl (C=O) groups is 1. The van der Waals surface area contributed by atoms with Crippen LogP contribution in [0.3, 0.4) is 0 Å². The van der Waals surface area contributed by atoms with Crippen molar-refractivity contribution in [3.05, 3.63) is 32.2 Å². The molecule has 0 aromatic heterocycles. The molecule has 86 valence electrons. The predicted octanol–water partition coefficient (Wildman–Crippen LogP) is 4.33. The number of aliphatic carboxylic acids is 1. The molecule has 16 heavy (non-hydrogen) atoms. The highest BCUT2D eigenvalue weighted by molar-refractivity contribution is 9.10. The summed E-state index contributed by atoms with van der Waals surface area (Å²) in [6, 6.07) is 3.31. The Balaban J connectivity index is 2.48. The second kappa shape index (κ2) is 4.55. The van der Waals surface area contributed by atoms with Gasteiger partial charge in [0, 0.05) is 9.50 Å². The molecular formula is C11H9BrCl2O2. The van der Waals surface area contributed by atoms with Crippen LogP contribution in [0.2, 0.25) is 10.0 Å². The first-order valence-electron chi connectivity index (χ1n) is 4.88. The summed E-state index contributed by atoms with van der Waals surface area (Å²) in [5.74, 6) is -1.18. The third-order valence-electron chi connectivity index (χ3n) is 2.72. The van der Waals surface area contributed by atoms with Gasteiger partial charge in [0.1, 0.15) is 0 Å². The molecule has 0 radical (unpaired) electrons. The van der Waals surface area contributed by atoms with Gasteiger partial charge in [0.05, 0.1) is 10.9 Å². The predicted molar refractivity (Wildman–Crippen MR) is 67.3 cm³/mol. The minimum atomic E-state index is -0.835. The van der Waals surface area contributed by atoms with Crippen LogP contribution in [-0.2, 0) is 4.79 Å². The van der Waals surface area contributed by atoms with Gasteiger partial charge in [-0.3, -0.25) is 4.79 Å². The Kier molecular flexibility index (Phi) is 3.48. The van der Waals surface area contributed by atoms with Crippen LogP contribution in [0.1, 0.15) is 24.3 Å². The second-order valence-electron chi connectivity index (χ2n) is 3.94. The molecule has 0 saturated heterocycles. The maximum atomic E-state index is 11.2. The van der Waals surface area contributed by atoms with E-state index in [1.54, 1.807) is 12.1 Å². The van der Waals surface area contributed by atoms with E-state index in [4.69, 9.17) is 23.2 Å². The third-order valence-corrected chi connectivity index (χ3v) is 4.21. The third kappa shape index (κ3) is 2.36. The highest BCUT2D eigenvalue weighted by atomic mass is 79.9. The van der Waals surface area contributed by atoms with Gasteiger partial charge in [-0.15, -0.1) is 0 Å². The Bertz CT molecular complexity index is 444. The summed E-state index contributed by atoms with van der Waals surface area (Å²) in [5, 5.41) is 10.2. The highest BCUT2D eigenvalue weighted by Gasteiger charge is 2.38. The second-order valence-corrected chi connectivity index (χ2v) is 5.61. The Hall–Kier alpha value is -0.250. The first-order valence-corrected chi connectivity index (χ1v) is 6.43. The van der Waals surface area contributed by atoms with Gasteiger partial charge in [0.15, 0.2) is 0 Å². The highest BCUT2D eigenvalue weighted by Crippen LogP contribution is 2.46. The van der Waals surface area contributed by atoms with Gasteiger partial charge in [0.2, 0.25) is 0 Å². The average Bonchev–Trinajstić information content (AvgIpc) is 2.97. The molecule has 0 bridgehead atoms. The average molecular weight is 324 g/mol. The Morgan fingerprint density at radius 3 is 2.56 bits per heavy atom. The summed E-state index contributed by atoms with van der Waals surface area (Å²) in [7, 11) is 0. The standard InChI is InChI=1S/C11H9BrCl2O2/c12-8-4-6(13)3-7(10(8)14)9(11(15)16)5-1-2-5/h3-5,9H,1-2H2,(H,15,16). The number of carboxylic acid groups (broad SMARTS) is 1. The smallest absolute Gasteiger partial charge is 0.311 e. The van der Waals surface area contributed by atoms with E-state index in [0.29, 0.717) is 20.1 Å². The molecule has 1 N–H and O–H groups in total. The maximum absolute atomic E-state index is 11.2. The minimum absolute atomic E-state index is 0.195. The fraction of sp³-hybridized carbons (Fsp3) is 0.364. The number of halogens is 3. The lowest BCUT2D eigenvalue weighted by Gasteiger charge is -2.14. The van der Waals surface area contributed by atoms with E-state index in [1.807, 2.05) is 0 Å². The summed E-state index contributed by atoms with van der Waals surface area (Å²) < 4.78 is 0.642. The van der Waals surface area contributed by atoms with Crippen LogP contribution in [0.4, 0.5) is 0 Å². The zero-order valence-electron chi connectivity index (χ0n) is 8.21. The van der Waals surface area contributed by atoms with Gasteiger partial charge in [-0.25, -0.2) is 0 Å². The molecule has 5 heteroatoms. The molecule has 1 aromatic rings. The first kappa shape index (κ1) is 12.2. The molecule has 1 aromatic carbocycles. The maximum Gasteiger partial charge on any atom is 0.311 e. The molecule has 1 saturated carbocycles. The fourth-order valence-electron chi connectivity index (χ4n) is 1.82. The van der Waals surface area contributed by atoms with Crippen molar-refractivity contribution in [2.45, 2.75) is 18.8 Å². The molecule has 1 fully saturated rings. The molecule has 0 amide bonds.